The van der Waals surface area contributed by atoms with Crippen LogP contribution in [0.1, 0.15) is 71.4 Å². The van der Waals surface area contributed by atoms with Gasteiger partial charge < -0.3 is 15.2 Å². The Hall–Kier alpha value is -2.57. The predicted molar refractivity (Wildman–Crippen MR) is 126 cm³/mol. The van der Waals surface area contributed by atoms with Crippen molar-refractivity contribution in [2.45, 2.75) is 57.8 Å². The molecular formula is C28H32FNO4. The van der Waals surface area contributed by atoms with Gasteiger partial charge in [0.15, 0.2) is 5.78 Å². The Kier molecular flexibility index (Phi) is 6.07. The summed E-state index contributed by atoms with van der Waals surface area (Å²) in [5.74, 6) is 0.327. The van der Waals surface area contributed by atoms with Crippen molar-refractivity contribution in [1.29, 1.82) is 0 Å². The Morgan fingerprint density at radius 3 is 2.68 bits per heavy atom. The summed E-state index contributed by atoms with van der Waals surface area (Å²) in [7, 11) is 0. The van der Waals surface area contributed by atoms with Crippen LogP contribution >= 0.6 is 0 Å². The van der Waals surface area contributed by atoms with E-state index in [0.29, 0.717) is 41.1 Å². The Balaban J connectivity index is 1.39. The van der Waals surface area contributed by atoms with E-state index in [1.54, 1.807) is 30.3 Å². The third-order valence-electron chi connectivity index (χ3n) is 8.32. The molecule has 2 bridgehead atoms. The van der Waals surface area contributed by atoms with E-state index < -0.39 is 17.2 Å². The maximum Gasteiger partial charge on any atom is 0.251 e. The van der Waals surface area contributed by atoms with Crippen LogP contribution in [0.15, 0.2) is 42.5 Å². The van der Waals surface area contributed by atoms with Crippen LogP contribution in [0.5, 0.6) is 0 Å². The van der Waals surface area contributed by atoms with E-state index in [4.69, 9.17) is 4.74 Å². The van der Waals surface area contributed by atoms with Crippen LogP contribution in [0.4, 0.5) is 4.39 Å². The van der Waals surface area contributed by atoms with Crippen molar-refractivity contribution in [3.8, 4) is 0 Å². The lowest BCUT2D eigenvalue weighted by Crippen LogP contribution is -2.54. The fourth-order valence-electron chi connectivity index (χ4n) is 6.75. The van der Waals surface area contributed by atoms with Crippen molar-refractivity contribution in [2.75, 3.05) is 6.61 Å². The number of aliphatic hydroxyl groups is 1. The first-order chi connectivity index (χ1) is 16.3. The molecule has 2 aromatic rings. The Labute approximate surface area is 199 Å². The molecule has 5 nitrogen and oxygen atoms in total. The van der Waals surface area contributed by atoms with Gasteiger partial charge in [0.05, 0.1) is 17.8 Å². The zero-order valence-electron chi connectivity index (χ0n) is 19.7. The lowest BCUT2D eigenvalue weighted by Gasteiger charge is -2.50. The molecule has 1 amide bonds. The van der Waals surface area contributed by atoms with Crippen molar-refractivity contribution in [3.05, 3.63) is 70.5 Å². The smallest absolute Gasteiger partial charge is 0.251 e. The van der Waals surface area contributed by atoms with Crippen molar-refractivity contribution in [2.24, 2.45) is 23.7 Å². The quantitative estimate of drug-likeness (QED) is 0.590. The minimum Gasteiger partial charge on any atom is -0.390 e. The van der Waals surface area contributed by atoms with Gasteiger partial charge in [-0.05, 0) is 86.1 Å². The molecule has 6 atom stereocenters. The number of hydrogen-bond donors (Lipinski definition) is 2. The summed E-state index contributed by atoms with van der Waals surface area (Å²) in [6.45, 7) is 4.64. The highest BCUT2D eigenvalue weighted by Crippen LogP contribution is 2.61. The predicted octanol–water partition coefficient (Wildman–Crippen LogP) is 4.51. The summed E-state index contributed by atoms with van der Waals surface area (Å²) in [6, 6.07) is 10.8. The van der Waals surface area contributed by atoms with Gasteiger partial charge in [0, 0.05) is 23.8 Å². The van der Waals surface area contributed by atoms with Gasteiger partial charge in [0.2, 0.25) is 0 Å². The number of halogens is 1. The lowest BCUT2D eigenvalue weighted by atomic mass is 9.59. The van der Waals surface area contributed by atoms with Crippen LogP contribution in [0.25, 0.3) is 0 Å². The molecule has 3 fully saturated rings. The van der Waals surface area contributed by atoms with E-state index in [1.165, 1.54) is 12.1 Å². The van der Waals surface area contributed by atoms with Gasteiger partial charge >= 0.3 is 0 Å². The van der Waals surface area contributed by atoms with Crippen LogP contribution in [0.2, 0.25) is 0 Å². The lowest BCUT2D eigenvalue weighted by molar-refractivity contribution is -0.138. The number of fused-ring (bicyclic) bond motifs is 1. The summed E-state index contributed by atoms with van der Waals surface area (Å²) in [5.41, 5.74) is 0.830. The summed E-state index contributed by atoms with van der Waals surface area (Å²) >= 11 is 0. The minimum absolute atomic E-state index is 0.00151. The van der Waals surface area contributed by atoms with E-state index in [2.05, 4.69) is 12.2 Å². The van der Waals surface area contributed by atoms with Crippen molar-refractivity contribution < 1.29 is 23.8 Å². The third-order valence-corrected chi connectivity index (χ3v) is 8.32. The zero-order chi connectivity index (χ0) is 24.0. The first kappa shape index (κ1) is 23.2. The summed E-state index contributed by atoms with van der Waals surface area (Å²) < 4.78 is 19.8. The average molecular weight is 466 g/mol. The molecule has 4 unspecified atom stereocenters. The molecule has 0 saturated heterocycles. The number of rotatable bonds is 7. The van der Waals surface area contributed by atoms with Gasteiger partial charge in [-0.25, -0.2) is 4.39 Å². The second-order valence-corrected chi connectivity index (χ2v) is 10.4. The third kappa shape index (κ3) is 3.97. The van der Waals surface area contributed by atoms with Crippen LogP contribution in [0.3, 0.4) is 0 Å². The molecule has 3 aliphatic carbocycles. The summed E-state index contributed by atoms with van der Waals surface area (Å²) in [6.07, 6.45) is 3.65. The van der Waals surface area contributed by atoms with Crippen LogP contribution in [0, 0.1) is 29.5 Å². The number of amides is 1. The SMILES string of the molecule is CCOCc1cc(C(=O)c2ccccc2F)ccc1C(=O)N[C@@H]1C(C)C[C@]2(O)CC3CC1CC32. The zero-order valence-corrected chi connectivity index (χ0v) is 19.7. The Morgan fingerprint density at radius 2 is 1.91 bits per heavy atom. The Morgan fingerprint density at radius 1 is 1.12 bits per heavy atom. The number of nitrogens with one attached hydrogen (secondary N) is 1. The standard InChI is InChI=1S/C28H32FNO4/c1-3-34-15-20-10-17(26(31)22-6-4-5-7-24(22)29)8-9-21(20)27(32)30-25-16(2)13-28(33)14-19-11-18(25)12-23(19)28/h4-10,16,18-19,23,25,33H,3,11-15H2,1-2H3,(H,30,32)/t16?,18?,19?,23?,25-,28+/m1/s1. The molecule has 3 aliphatic rings. The van der Waals surface area contributed by atoms with Crippen LogP contribution < -0.4 is 5.32 Å². The highest BCUT2D eigenvalue weighted by atomic mass is 19.1. The van der Waals surface area contributed by atoms with Crippen LogP contribution in [-0.2, 0) is 11.3 Å². The molecule has 3 saturated carbocycles. The molecule has 6 heteroatoms. The number of carbonyl (C=O) groups is 2. The molecule has 2 N–H and O–H groups in total. The molecule has 0 heterocycles. The summed E-state index contributed by atoms with van der Waals surface area (Å²) in [5, 5.41) is 14.3. The number of hydrogen-bond acceptors (Lipinski definition) is 4. The molecule has 34 heavy (non-hydrogen) atoms. The fourth-order valence-corrected chi connectivity index (χ4v) is 6.75. The number of carbonyl (C=O) groups excluding carboxylic acids is 2. The molecule has 2 aromatic carbocycles. The molecule has 180 valence electrons. The van der Waals surface area contributed by atoms with E-state index >= 15 is 0 Å². The van der Waals surface area contributed by atoms with Crippen LogP contribution in [-0.4, -0.2) is 35.0 Å². The van der Waals surface area contributed by atoms with Crippen molar-refractivity contribution in [3.63, 3.8) is 0 Å². The van der Waals surface area contributed by atoms with Gasteiger partial charge in [-0.1, -0.05) is 25.1 Å². The van der Waals surface area contributed by atoms with Gasteiger partial charge in [0.25, 0.3) is 5.91 Å². The molecule has 0 aromatic heterocycles. The second-order valence-electron chi connectivity index (χ2n) is 10.4. The number of ether oxygens (including phenoxy) is 1. The maximum absolute atomic E-state index is 14.2. The second kappa shape index (κ2) is 8.90. The van der Waals surface area contributed by atoms with Crippen molar-refractivity contribution >= 4 is 11.7 Å². The average Bonchev–Trinajstić information content (AvgIpc) is 3.15. The van der Waals surface area contributed by atoms with E-state index in [1.807, 2.05) is 6.92 Å². The van der Waals surface area contributed by atoms with Gasteiger partial charge in [-0.2, -0.15) is 0 Å². The highest BCUT2D eigenvalue weighted by Gasteiger charge is 2.61. The van der Waals surface area contributed by atoms with Gasteiger partial charge in [-0.15, -0.1) is 0 Å². The van der Waals surface area contributed by atoms with E-state index in [-0.39, 0.29) is 30.0 Å². The molecule has 0 radical (unpaired) electrons. The molecule has 5 rings (SSSR count). The monoisotopic (exact) mass is 465 g/mol. The first-order valence-corrected chi connectivity index (χ1v) is 12.3. The molecular weight excluding hydrogens is 433 g/mol. The van der Waals surface area contributed by atoms with Crippen molar-refractivity contribution in [1.82, 2.24) is 5.32 Å². The van der Waals surface area contributed by atoms with E-state index in [9.17, 15) is 19.1 Å². The maximum atomic E-state index is 14.2. The summed E-state index contributed by atoms with van der Waals surface area (Å²) in [4.78, 5) is 26.4. The molecule has 0 spiro atoms. The Bertz CT molecular complexity index is 1120. The number of benzene rings is 2. The normalized spacial score (nSPS) is 31.5. The largest absolute Gasteiger partial charge is 0.390 e. The van der Waals surface area contributed by atoms with Gasteiger partial charge in [-0.3, -0.25) is 9.59 Å². The topological polar surface area (TPSA) is 75.6 Å². The fraction of sp³-hybridized carbons (Fsp3) is 0.500. The van der Waals surface area contributed by atoms with E-state index in [0.717, 1.165) is 25.7 Å². The molecule has 0 aliphatic heterocycles. The highest BCUT2D eigenvalue weighted by molar-refractivity contribution is 6.10. The number of ketones is 1. The van der Waals surface area contributed by atoms with Gasteiger partial charge in [0.1, 0.15) is 5.82 Å². The minimum atomic E-state index is -0.572. The first-order valence-electron chi connectivity index (χ1n) is 12.3.